The summed E-state index contributed by atoms with van der Waals surface area (Å²) in [5.74, 6) is 1.51. The Morgan fingerprint density at radius 1 is 1.12 bits per heavy atom. The van der Waals surface area contributed by atoms with Crippen molar-refractivity contribution in [1.29, 1.82) is 0 Å². The second-order valence-electron chi connectivity index (χ2n) is 7.76. The summed E-state index contributed by atoms with van der Waals surface area (Å²) in [5, 5.41) is 0. The first-order chi connectivity index (χ1) is 16.0. The van der Waals surface area contributed by atoms with Crippen LogP contribution >= 0.6 is 11.8 Å². The molecule has 0 aliphatic carbocycles. The number of primary amides is 1. The highest BCUT2D eigenvalue weighted by Gasteiger charge is 2.19. The number of ether oxygens (including phenoxy) is 2. The smallest absolute Gasteiger partial charge is 0.248 e. The van der Waals surface area contributed by atoms with Gasteiger partial charge in [-0.3, -0.25) is 4.79 Å². The number of anilines is 1. The fraction of sp³-hybridized carbons (Fsp3) is 0.292. The lowest BCUT2D eigenvalue weighted by atomic mass is 10.2. The lowest BCUT2D eigenvalue weighted by Crippen LogP contribution is -2.45. The van der Waals surface area contributed by atoms with E-state index in [9.17, 15) is 4.79 Å². The molecule has 2 N–H and O–H groups in total. The van der Waals surface area contributed by atoms with Crippen LogP contribution in [0.25, 0.3) is 0 Å². The van der Waals surface area contributed by atoms with Gasteiger partial charge in [-0.1, -0.05) is 23.9 Å². The van der Waals surface area contributed by atoms with Gasteiger partial charge in [0.15, 0.2) is 0 Å². The largest absolute Gasteiger partial charge is 0.497 e. The number of nitrogens with zero attached hydrogens (tertiary/aromatic N) is 4. The van der Waals surface area contributed by atoms with Gasteiger partial charge in [-0.2, -0.15) is 4.98 Å². The molecule has 1 amide bonds. The molecule has 1 saturated heterocycles. The summed E-state index contributed by atoms with van der Waals surface area (Å²) >= 11 is 1.48. The normalized spacial score (nSPS) is 14.2. The first kappa shape index (κ1) is 22.9. The van der Waals surface area contributed by atoms with Crippen molar-refractivity contribution < 1.29 is 14.3 Å². The molecule has 0 spiro atoms. The molecule has 2 heterocycles. The number of carbonyl (C=O) groups excluding carboxylic acids is 1. The van der Waals surface area contributed by atoms with E-state index in [0.29, 0.717) is 24.0 Å². The highest BCUT2D eigenvalue weighted by Crippen LogP contribution is 2.35. The van der Waals surface area contributed by atoms with Crippen LogP contribution in [0.3, 0.4) is 0 Å². The van der Waals surface area contributed by atoms with Crippen LogP contribution in [-0.4, -0.2) is 61.1 Å². The summed E-state index contributed by atoms with van der Waals surface area (Å²) in [6, 6.07) is 14.9. The van der Waals surface area contributed by atoms with Crippen LogP contribution in [0, 0.1) is 0 Å². The molecule has 1 aromatic heterocycles. The number of hydrogen-bond acceptors (Lipinski definition) is 8. The highest BCUT2D eigenvalue weighted by atomic mass is 32.2. The predicted molar refractivity (Wildman–Crippen MR) is 128 cm³/mol. The molecule has 1 aliphatic rings. The fourth-order valence-electron chi connectivity index (χ4n) is 3.41. The third kappa shape index (κ3) is 5.94. The molecule has 8 nitrogen and oxygen atoms in total. The van der Waals surface area contributed by atoms with Crippen molar-refractivity contribution in [2.45, 2.75) is 16.4 Å². The number of methoxy groups -OCH3 is 1. The van der Waals surface area contributed by atoms with Crippen molar-refractivity contribution >= 4 is 23.6 Å². The van der Waals surface area contributed by atoms with Crippen molar-refractivity contribution in [3.8, 4) is 11.6 Å². The summed E-state index contributed by atoms with van der Waals surface area (Å²) in [6.07, 6.45) is 1.80. The number of rotatable bonds is 8. The lowest BCUT2D eigenvalue weighted by molar-refractivity contribution is 0.1000. The van der Waals surface area contributed by atoms with Gasteiger partial charge in [-0.05, 0) is 49.0 Å². The lowest BCUT2D eigenvalue weighted by Gasteiger charge is -2.32. The van der Waals surface area contributed by atoms with E-state index in [1.54, 1.807) is 25.4 Å². The van der Waals surface area contributed by atoms with Crippen LogP contribution in [0.1, 0.15) is 15.9 Å². The van der Waals surface area contributed by atoms with Gasteiger partial charge in [0.2, 0.25) is 17.7 Å². The Kier molecular flexibility index (Phi) is 7.31. The van der Waals surface area contributed by atoms with Gasteiger partial charge in [-0.25, -0.2) is 4.98 Å². The number of carbonyl (C=O) groups is 1. The maximum atomic E-state index is 11.4. The number of benzene rings is 2. The average molecular weight is 466 g/mol. The van der Waals surface area contributed by atoms with E-state index in [4.69, 9.17) is 20.2 Å². The molecule has 4 rings (SSSR count). The standard InChI is InChI=1S/C24H27N5O3S/c1-28-10-12-29(13-11-28)24-26-15-21(33-20-8-6-18(7-9-20)22(25)30)23(27-24)32-16-17-4-3-5-19(14-17)31-2/h3-9,14-15H,10-13,16H2,1-2H3,(H2,25,30). The molecule has 172 valence electrons. The Hall–Kier alpha value is -3.30. The number of amides is 1. The zero-order chi connectivity index (χ0) is 23.2. The predicted octanol–water partition coefficient (Wildman–Crippen LogP) is 3.07. The third-order valence-electron chi connectivity index (χ3n) is 5.37. The highest BCUT2D eigenvalue weighted by molar-refractivity contribution is 7.99. The van der Waals surface area contributed by atoms with Crippen LogP contribution < -0.4 is 20.1 Å². The van der Waals surface area contributed by atoms with E-state index < -0.39 is 5.91 Å². The molecule has 0 saturated carbocycles. The molecule has 1 fully saturated rings. The Morgan fingerprint density at radius 3 is 2.58 bits per heavy atom. The molecule has 1 aliphatic heterocycles. The molecule has 3 aromatic rings. The molecule has 9 heteroatoms. The minimum atomic E-state index is -0.450. The molecule has 0 atom stereocenters. The van der Waals surface area contributed by atoms with E-state index in [0.717, 1.165) is 47.3 Å². The van der Waals surface area contributed by atoms with Crippen molar-refractivity contribution in [2.75, 3.05) is 45.2 Å². The minimum absolute atomic E-state index is 0.352. The van der Waals surface area contributed by atoms with E-state index in [1.165, 1.54) is 11.8 Å². The van der Waals surface area contributed by atoms with Crippen molar-refractivity contribution in [3.63, 3.8) is 0 Å². The number of piperazine rings is 1. The average Bonchev–Trinajstić information content (AvgIpc) is 2.84. The SMILES string of the molecule is COc1cccc(COc2nc(N3CCN(C)CC3)ncc2Sc2ccc(C(N)=O)cc2)c1. The fourth-order valence-corrected chi connectivity index (χ4v) is 4.23. The second-order valence-corrected chi connectivity index (χ2v) is 8.88. The molecule has 0 radical (unpaired) electrons. The number of nitrogens with two attached hydrogens (primary N) is 1. The topological polar surface area (TPSA) is 93.8 Å². The van der Waals surface area contributed by atoms with Crippen molar-refractivity contribution in [3.05, 3.63) is 65.9 Å². The molecular formula is C24H27N5O3S. The molecule has 33 heavy (non-hydrogen) atoms. The Labute approximate surface area is 197 Å². The van der Waals surface area contributed by atoms with Crippen LogP contribution in [0.2, 0.25) is 0 Å². The Bertz CT molecular complexity index is 1100. The first-order valence-electron chi connectivity index (χ1n) is 10.7. The summed E-state index contributed by atoms with van der Waals surface area (Å²) < 4.78 is 11.5. The molecular weight excluding hydrogens is 438 g/mol. The van der Waals surface area contributed by atoms with Crippen LogP contribution in [0.15, 0.2) is 64.5 Å². The van der Waals surface area contributed by atoms with Crippen LogP contribution in [-0.2, 0) is 6.61 Å². The monoisotopic (exact) mass is 465 g/mol. The van der Waals surface area contributed by atoms with E-state index in [-0.39, 0.29) is 0 Å². The van der Waals surface area contributed by atoms with Crippen LogP contribution in [0.4, 0.5) is 5.95 Å². The summed E-state index contributed by atoms with van der Waals surface area (Å²) in [5.41, 5.74) is 6.80. The van der Waals surface area contributed by atoms with Gasteiger partial charge >= 0.3 is 0 Å². The minimum Gasteiger partial charge on any atom is -0.497 e. The van der Waals surface area contributed by atoms with Crippen molar-refractivity contribution in [2.24, 2.45) is 5.73 Å². The van der Waals surface area contributed by atoms with Gasteiger partial charge in [-0.15, -0.1) is 0 Å². The second kappa shape index (κ2) is 10.5. The maximum Gasteiger partial charge on any atom is 0.248 e. The molecule has 0 unspecified atom stereocenters. The first-order valence-corrected chi connectivity index (χ1v) is 11.5. The van der Waals surface area contributed by atoms with Gasteiger partial charge in [0.1, 0.15) is 12.4 Å². The van der Waals surface area contributed by atoms with E-state index in [2.05, 4.69) is 21.8 Å². The number of hydrogen-bond donors (Lipinski definition) is 1. The van der Waals surface area contributed by atoms with Gasteiger partial charge in [0.25, 0.3) is 0 Å². The summed E-state index contributed by atoms with van der Waals surface area (Å²) in [6.45, 7) is 4.02. The van der Waals surface area contributed by atoms with Gasteiger partial charge in [0, 0.05) is 36.6 Å². The van der Waals surface area contributed by atoms with Crippen molar-refractivity contribution in [1.82, 2.24) is 14.9 Å². The third-order valence-corrected chi connectivity index (χ3v) is 6.38. The van der Waals surface area contributed by atoms with Gasteiger partial charge in [0.05, 0.1) is 18.2 Å². The quantitative estimate of drug-likeness (QED) is 0.543. The maximum absolute atomic E-state index is 11.4. The molecule has 2 aromatic carbocycles. The van der Waals surface area contributed by atoms with E-state index in [1.807, 2.05) is 36.4 Å². The number of likely N-dealkylation sites (N-methyl/N-ethyl adjacent to an activating group) is 1. The Balaban J connectivity index is 1.57. The van der Waals surface area contributed by atoms with Gasteiger partial charge < -0.3 is 25.0 Å². The zero-order valence-electron chi connectivity index (χ0n) is 18.7. The summed E-state index contributed by atoms with van der Waals surface area (Å²) in [4.78, 5) is 26.9. The molecule has 0 bridgehead atoms. The van der Waals surface area contributed by atoms with E-state index >= 15 is 0 Å². The zero-order valence-corrected chi connectivity index (χ0v) is 19.5. The van der Waals surface area contributed by atoms with Crippen LogP contribution in [0.5, 0.6) is 11.6 Å². The summed E-state index contributed by atoms with van der Waals surface area (Å²) in [7, 11) is 3.76. The number of aromatic nitrogens is 2. The Morgan fingerprint density at radius 2 is 1.88 bits per heavy atom.